The number of rotatable bonds is 5. The summed E-state index contributed by atoms with van der Waals surface area (Å²) in [4.78, 5) is 36.3. The Hall–Kier alpha value is -3.23. The number of carbonyl (C=O) groups excluding carboxylic acids is 2. The Bertz CT molecular complexity index is 1100. The number of nitrogens with one attached hydrogen (secondary N) is 1. The van der Waals surface area contributed by atoms with E-state index in [1.807, 2.05) is 6.07 Å². The molecule has 0 radical (unpaired) electrons. The van der Waals surface area contributed by atoms with Crippen LogP contribution in [0.25, 0.3) is 5.78 Å². The minimum Gasteiger partial charge on any atom is -0.361 e. The number of fused-ring (bicyclic) bond motifs is 1. The van der Waals surface area contributed by atoms with Crippen molar-refractivity contribution in [3.63, 3.8) is 0 Å². The van der Waals surface area contributed by atoms with Crippen LogP contribution in [0.3, 0.4) is 0 Å². The summed E-state index contributed by atoms with van der Waals surface area (Å²) in [5.74, 6) is 1.36. The fraction of sp³-hybridized carbons (Fsp3) is 0.522. The summed E-state index contributed by atoms with van der Waals surface area (Å²) in [5, 5.41) is 7.11. The van der Waals surface area contributed by atoms with Gasteiger partial charge in [0.05, 0.1) is 11.1 Å². The fourth-order valence-corrected chi connectivity index (χ4v) is 5.15. The molecular weight excluding hydrogens is 408 g/mol. The second-order valence-electron chi connectivity index (χ2n) is 9.02. The second kappa shape index (κ2) is 8.37. The maximum Gasteiger partial charge on any atom is 0.274 e. The van der Waals surface area contributed by atoms with Gasteiger partial charge in [0.15, 0.2) is 0 Å². The van der Waals surface area contributed by atoms with Gasteiger partial charge in [0, 0.05) is 57.1 Å². The SMILES string of the molecule is CNC(=O)[C@]1(Cc2cc(C3CCCCC3)no2)CCN(C(=O)c2cn3cccnc3n2)C1. The summed E-state index contributed by atoms with van der Waals surface area (Å²) in [6.45, 7) is 0.795. The summed E-state index contributed by atoms with van der Waals surface area (Å²) in [5.41, 5.74) is 0.580. The molecule has 1 saturated carbocycles. The van der Waals surface area contributed by atoms with E-state index in [1.54, 1.807) is 41.0 Å². The Morgan fingerprint density at radius 1 is 1.28 bits per heavy atom. The lowest BCUT2D eigenvalue weighted by Gasteiger charge is -2.26. The maximum atomic E-state index is 13.1. The predicted molar refractivity (Wildman–Crippen MR) is 116 cm³/mol. The van der Waals surface area contributed by atoms with Gasteiger partial charge in [-0.3, -0.25) is 14.0 Å². The van der Waals surface area contributed by atoms with E-state index in [2.05, 4.69) is 20.4 Å². The quantitative estimate of drug-likeness (QED) is 0.659. The van der Waals surface area contributed by atoms with Crippen LogP contribution >= 0.6 is 0 Å². The molecule has 1 atom stereocenters. The fourth-order valence-electron chi connectivity index (χ4n) is 5.15. The molecule has 0 bridgehead atoms. The van der Waals surface area contributed by atoms with E-state index in [9.17, 15) is 9.59 Å². The van der Waals surface area contributed by atoms with Gasteiger partial charge in [0.1, 0.15) is 11.5 Å². The lowest BCUT2D eigenvalue weighted by Crippen LogP contribution is -2.44. The highest BCUT2D eigenvalue weighted by Gasteiger charge is 2.47. The van der Waals surface area contributed by atoms with Crippen molar-refractivity contribution in [2.75, 3.05) is 20.1 Å². The number of hydrogen-bond donors (Lipinski definition) is 1. The van der Waals surface area contributed by atoms with Crippen LogP contribution in [0.15, 0.2) is 35.2 Å². The molecule has 32 heavy (non-hydrogen) atoms. The van der Waals surface area contributed by atoms with Gasteiger partial charge < -0.3 is 14.7 Å². The normalized spacial score (nSPS) is 21.8. The molecule has 3 aromatic heterocycles. The minimum atomic E-state index is -0.745. The lowest BCUT2D eigenvalue weighted by atomic mass is 9.81. The Morgan fingerprint density at radius 3 is 2.91 bits per heavy atom. The average Bonchev–Trinajstić information content (AvgIpc) is 3.57. The molecule has 2 aliphatic rings. The van der Waals surface area contributed by atoms with Gasteiger partial charge in [-0.2, -0.15) is 0 Å². The maximum absolute atomic E-state index is 13.1. The molecule has 9 nitrogen and oxygen atoms in total. The Balaban J connectivity index is 1.34. The highest BCUT2D eigenvalue weighted by atomic mass is 16.5. The van der Waals surface area contributed by atoms with Crippen LogP contribution in [0.5, 0.6) is 0 Å². The summed E-state index contributed by atoms with van der Waals surface area (Å²) < 4.78 is 7.38. The standard InChI is InChI=1S/C23H28N6O3/c1-24-21(31)23(13-17-12-18(27-32-17)16-6-3-2-4-7-16)8-11-29(15-23)20(30)19-14-28-10-5-9-25-22(28)26-19/h5,9-10,12,14,16H,2-4,6-8,11,13,15H2,1H3,(H,24,31)/t23-/m0/s1. The van der Waals surface area contributed by atoms with Crippen molar-refractivity contribution in [2.24, 2.45) is 5.41 Å². The van der Waals surface area contributed by atoms with Crippen molar-refractivity contribution in [2.45, 2.75) is 50.9 Å². The smallest absolute Gasteiger partial charge is 0.274 e. The number of nitrogens with zero attached hydrogens (tertiary/aromatic N) is 5. The van der Waals surface area contributed by atoms with Gasteiger partial charge in [-0.15, -0.1) is 0 Å². The zero-order valence-corrected chi connectivity index (χ0v) is 18.3. The molecule has 0 spiro atoms. The average molecular weight is 437 g/mol. The third-order valence-electron chi connectivity index (χ3n) is 6.92. The molecule has 1 N–H and O–H groups in total. The predicted octanol–water partition coefficient (Wildman–Crippen LogP) is 2.59. The first-order valence-electron chi connectivity index (χ1n) is 11.3. The number of carbonyl (C=O) groups is 2. The number of imidazole rings is 1. The number of hydrogen-bond acceptors (Lipinski definition) is 6. The van der Waals surface area contributed by atoms with Crippen LogP contribution in [0.2, 0.25) is 0 Å². The molecule has 5 rings (SSSR count). The number of amides is 2. The van der Waals surface area contributed by atoms with Crippen molar-refractivity contribution < 1.29 is 14.1 Å². The highest BCUT2D eigenvalue weighted by molar-refractivity contribution is 5.94. The van der Waals surface area contributed by atoms with Crippen molar-refractivity contribution in [1.82, 2.24) is 29.7 Å². The van der Waals surface area contributed by atoms with E-state index >= 15 is 0 Å². The van der Waals surface area contributed by atoms with Crippen molar-refractivity contribution in [3.8, 4) is 0 Å². The molecule has 168 valence electrons. The Kier molecular flexibility index (Phi) is 5.40. The van der Waals surface area contributed by atoms with Gasteiger partial charge in [-0.25, -0.2) is 9.97 Å². The number of likely N-dealkylation sites (tertiary alicyclic amines) is 1. The Labute approximate surface area is 186 Å². The zero-order chi connectivity index (χ0) is 22.1. The van der Waals surface area contributed by atoms with Crippen LogP contribution in [0, 0.1) is 5.41 Å². The van der Waals surface area contributed by atoms with E-state index in [4.69, 9.17) is 4.52 Å². The van der Waals surface area contributed by atoms with E-state index in [1.165, 1.54) is 19.3 Å². The first-order chi connectivity index (χ1) is 15.6. The van der Waals surface area contributed by atoms with E-state index < -0.39 is 5.41 Å². The van der Waals surface area contributed by atoms with Gasteiger partial charge in [-0.1, -0.05) is 24.4 Å². The molecule has 0 aromatic carbocycles. The summed E-state index contributed by atoms with van der Waals surface area (Å²) >= 11 is 0. The molecule has 1 aliphatic carbocycles. The molecule has 1 aliphatic heterocycles. The van der Waals surface area contributed by atoms with E-state index in [0.717, 1.165) is 18.5 Å². The lowest BCUT2D eigenvalue weighted by molar-refractivity contribution is -0.130. The van der Waals surface area contributed by atoms with Crippen molar-refractivity contribution >= 4 is 17.6 Å². The Morgan fingerprint density at radius 2 is 2.12 bits per heavy atom. The van der Waals surface area contributed by atoms with Crippen LogP contribution in [0.1, 0.15) is 66.4 Å². The first-order valence-corrected chi connectivity index (χ1v) is 11.3. The molecule has 4 heterocycles. The van der Waals surface area contributed by atoms with Gasteiger partial charge >= 0.3 is 0 Å². The van der Waals surface area contributed by atoms with Gasteiger partial charge in [0.25, 0.3) is 5.91 Å². The van der Waals surface area contributed by atoms with Gasteiger partial charge in [-0.05, 0) is 25.3 Å². The van der Waals surface area contributed by atoms with Crippen LogP contribution in [-0.4, -0.2) is 56.4 Å². The molecule has 2 fully saturated rings. The third-order valence-corrected chi connectivity index (χ3v) is 6.92. The first kappa shape index (κ1) is 20.7. The topological polar surface area (TPSA) is 106 Å². The molecular formula is C23H28N6O3. The van der Waals surface area contributed by atoms with Gasteiger partial charge in [0.2, 0.25) is 11.7 Å². The minimum absolute atomic E-state index is 0.0833. The summed E-state index contributed by atoms with van der Waals surface area (Å²) in [6.07, 6.45) is 12.1. The third kappa shape index (κ3) is 3.76. The summed E-state index contributed by atoms with van der Waals surface area (Å²) in [6, 6.07) is 3.80. The molecule has 0 unspecified atom stereocenters. The summed E-state index contributed by atoms with van der Waals surface area (Å²) in [7, 11) is 1.64. The zero-order valence-electron chi connectivity index (χ0n) is 18.3. The highest BCUT2D eigenvalue weighted by Crippen LogP contribution is 2.37. The molecule has 1 saturated heterocycles. The second-order valence-corrected chi connectivity index (χ2v) is 9.02. The number of aromatic nitrogens is 4. The van der Waals surface area contributed by atoms with Crippen molar-refractivity contribution in [1.29, 1.82) is 0 Å². The van der Waals surface area contributed by atoms with Crippen LogP contribution < -0.4 is 5.32 Å². The van der Waals surface area contributed by atoms with Crippen molar-refractivity contribution in [3.05, 3.63) is 47.9 Å². The van der Waals surface area contributed by atoms with Crippen LogP contribution in [-0.2, 0) is 11.2 Å². The molecule has 3 aromatic rings. The molecule has 9 heteroatoms. The largest absolute Gasteiger partial charge is 0.361 e. The van der Waals surface area contributed by atoms with Crippen LogP contribution in [0.4, 0.5) is 0 Å². The van der Waals surface area contributed by atoms with E-state index in [-0.39, 0.29) is 11.8 Å². The van der Waals surface area contributed by atoms with E-state index in [0.29, 0.717) is 49.1 Å². The molecule has 2 amide bonds. The monoisotopic (exact) mass is 436 g/mol.